The molecule has 0 spiro atoms. The van der Waals surface area contributed by atoms with Gasteiger partial charge in [-0.25, -0.2) is 4.98 Å². The van der Waals surface area contributed by atoms with Crippen molar-refractivity contribution in [3.63, 3.8) is 0 Å². The van der Waals surface area contributed by atoms with E-state index in [2.05, 4.69) is 53.7 Å². The number of aromatic nitrogens is 2. The molecule has 3 rings (SSSR count). The fraction of sp³-hybridized carbons (Fsp3) is 0.824. The lowest BCUT2D eigenvalue weighted by Gasteiger charge is -2.49. The largest absolute Gasteiger partial charge is 0.334 e. The number of nitrogens with zero attached hydrogens (tertiary/aromatic N) is 3. The van der Waals surface area contributed by atoms with Crippen molar-refractivity contribution in [3.8, 4) is 0 Å². The first-order valence-electron chi connectivity index (χ1n) is 8.47. The number of hydrogen-bond donors (Lipinski definition) is 1. The molecule has 1 aromatic rings. The summed E-state index contributed by atoms with van der Waals surface area (Å²) in [4.78, 5) is 7.09. The molecule has 1 aliphatic carbocycles. The minimum absolute atomic E-state index is 0.347. The van der Waals surface area contributed by atoms with E-state index in [0.717, 1.165) is 31.4 Å². The van der Waals surface area contributed by atoms with Crippen LogP contribution < -0.4 is 5.32 Å². The van der Waals surface area contributed by atoms with Crippen LogP contribution in [0.2, 0.25) is 0 Å². The summed E-state index contributed by atoms with van der Waals surface area (Å²) < 4.78 is 2.28. The van der Waals surface area contributed by atoms with Crippen LogP contribution in [0.1, 0.15) is 39.4 Å². The molecule has 0 bridgehead atoms. The Morgan fingerprint density at radius 2 is 2.14 bits per heavy atom. The van der Waals surface area contributed by atoms with E-state index >= 15 is 0 Å². The summed E-state index contributed by atoms with van der Waals surface area (Å²) in [5, 5.41) is 3.80. The van der Waals surface area contributed by atoms with Gasteiger partial charge >= 0.3 is 0 Å². The van der Waals surface area contributed by atoms with Crippen molar-refractivity contribution in [2.45, 2.75) is 58.7 Å². The Labute approximate surface area is 128 Å². The third-order valence-corrected chi connectivity index (χ3v) is 5.66. The third kappa shape index (κ3) is 3.02. The van der Waals surface area contributed by atoms with Crippen LogP contribution in [0.15, 0.2) is 12.4 Å². The molecule has 2 heterocycles. The van der Waals surface area contributed by atoms with Gasteiger partial charge in [-0.15, -0.1) is 0 Å². The average Bonchev–Trinajstić information content (AvgIpc) is 3.22. The Hall–Kier alpha value is -0.870. The van der Waals surface area contributed by atoms with Crippen LogP contribution >= 0.6 is 0 Å². The zero-order valence-electron chi connectivity index (χ0n) is 14.0. The van der Waals surface area contributed by atoms with E-state index < -0.39 is 0 Å². The summed E-state index contributed by atoms with van der Waals surface area (Å²) in [6.07, 6.45) is 6.83. The van der Waals surface area contributed by atoms with E-state index in [9.17, 15) is 0 Å². The molecule has 4 nitrogen and oxygen atoms in total. The molecule has 2 aliphatic rings. The van der Waals surface area contributed by atoms with Gasteiger partial charge in [0, 0.05) is 50.2 Å². The van der Waals surface area contributed by atoms with Crippen LogP contribution in [-0.4, -0.2) is 45.7 Å². The molecular formula is C17H30N4. The second-order valence-corrected chi connectivity index (χ2v) is 7.48. The summed E-state index contributed by atoms with van der Waals surface area (Å²) in [7, 11) is 0. The van der Waals surface area contributed by atoms with Crippen molar-refractivity contribution >= 4 is 0 Å². The van der Waals surface area contributed by atoms with Crippen molar-refractivity contribution in [1.29, 1.82) is 0 Å². The van der Waals surface area contributed by atoms with Crippen molar-refractivity contribution in [1.82, 2.24) is 19.8 Å². The predicted octanol–water partition coefficient (Wildman–Crippen LogP) is 2.29. The molecule has 2 atom stereocenters. The molecule has 0 amide bonds. The molecule has 1 aliphatic heterocycles. The topological polar surface area (TPSA) is 33.1 Å². The fourth-order valence-electron chi connectivity index (χ4n) is 3.73. The zero-order chi connectivity index (χ0) is 15.0. The molecule has 118 valence electrons. The SMILES string of the molecule is Cc1nccn1CCN1CC(C(C)C)NCC1(C)C1CC1. The summed E-state index contributed by atoms with van der Waals surface area (Å²) in [5.74, 6) is 2.71. The van der Waals surface area contributed by atoms with Crippen LogP contribution in [0.25, 0.3) is 0 Å². The van der Waals surface area contributed by atoms with Gasteiger partial charge in [-0.3, -0.25) is 4.90 Å². The normalized spacial score (nSPS) is 31.0. The molecule has 0 aromatic carbocycles. The van der Waals surface area contributed by atoms with E-state index in [1.165, 1.54) is 19.4 Å². The first-order valence-corrected chi connectivity index (χ1v) is 8.47. The van der Waals surface area contributed by atoms with Gasteiger partial charge in [0.1, 0.15) is 5.82 Å². The van der Waals surface area contributed by atoms with Crippen molar-refractivity contribution in [2.75, 3.05) is 19.6 Å². The lowest BCUT2D eigenvalue weighted by atomic mass is 9.87. The van der Waals surface area contributed by atoms with E-state index in [1.54, 1.807) is 0 Å². The van der Waals surface area contributed by atoms with Crippen LogP contribution in [0.3, 0.4) is 0 Å². The van der Waals surface area contributed by atoms with Gasteiger partial charge in [0.15, 0.2) is 0 Å². The Kier molecular flexibility index (Phi) is 4.10. The molecule has 21 heavy (non-hydrogen) atoms. The van der Waals surface area contributed by atoms with Crippen molar-refractivity contribution in [2.24, 2.45) is 11.8 Å². The maximum absolute atomic E-state index is 4.34. The van der Waals surface area contributed by atoms with Crippen molar-refractivity contribution < 1.29 is 0 Å². The Balaban J connectivity index is 1.69. The van der Waals surface area contributed by atoms with Gasteiger partial charge in [0.05, 0.1) is 0 Å². The number of imidazole rings is 1. The van der Waals surface area contributed by atoms with E-state index in [4.69, 9.17) is 0 Å². The molecule has 1 aromatic heterocycles. The molecule has 1 N–H and O–H groups in total. The minimum Gasteiger partial charge on any atom is -0.334 e. The summed E-state index contributed by atoms with van der Waals surface area (Å²) in [6.45, 7) is 13.7. The molecule has 2 fully saturated rings. The number of rotatable bonds is 5. The first kappa shape index (κ1) is 15.0. The average molecular weight is 290 g/mol. The van der Waals surface area contributed by atoms with Crippen LogP contribution in [0, 0.1) is 18.8 Å². The van der Waals surface area contributed by atoms with E-state index in [0.29, 0.717) is 17.5 Å². The highest BCUT2D eigenvalue weighted by Gasteiger charge is 2.48. The number of nitrogens with one attached hydrogen (secondary N) is 1. The monoisotopic (exact) mass is 290 g/mol. The van der Waals surface area contributed by atoms with Crippen LogP contribution in [-0.2, 0) is 6.54 Å². The fourth-order valence-corrected chi connectivity index (χ4v) is 3.73. The number of hydrogen-bond acceptors (Lipinski definition) is 3. The molecular weight excluding hydrogens is 260 g/mol. The maximum Gasteiger partial charge on any atom is 0.105 e. The van der Waals surface area contributed by atoms with Gasteiger partial charge < -0.3 is 9.88 Å². The standard InChI is InChI=1S/C17H30N4/c1-13(2)16-11-21(10-9-20-8-7-18-14(20)3)17(4,12-19-16)15-5-6-15/h7-8,13,15-16,19H,5-6,9-12H2,1-4H3. The van der Waals surface area contributed by atoms with Gasteiger partial charge in [0.25, 0.3) is 0 Å². The number of aryl methyl sites for hydroxylation is 1. The van der Waals surface area contributed by atoms with Gasteiger partial charge in [-0.2, -0.15) is 0 Å². The molecule has 1 saturated carbocycles. The quantitative estimate of drug-likeness (QED) is 0.903. The smallest absolute Gasteiger partial charge is 0.105 e. The third-order valence-electron chi connectivity index (χ3n) is 5.66. The lowest BCUT2D eigenvalue weighted by molar-refractivity contribution is 0.0228. The highest BCUT2D eigenvalue weighted by atomic mass is 15.3. The van der Waals surface area contributed by atoms with Crippen LogP contribution in [0.5, 0.6) is 0 Å². The van der Waals surface area contributed by atoms with Crippen LogP contribution in [0.4, 0.5) is 0 Å². The van der Waals surface area contributed by atoms with Gasteiger partial charge in [-0.1, -0.05) is 13.8 Å². The van der Waals surface area contributed by atoms with Crippen molar-refractivity contribution in [3.05, 3.63) is 18.2 Å². The second-order valence-electron chi connectivity index (χ2n) is 7.48. The zero-order valence-corrected chi connectivity index (χ0v) is 14.0. The predicted molar refractivity (Wildman–Crippen MR) is 86.3 cm³/mol. The number of piperazine rings is 1. The minimum atomic E-state index is 0.347. The van der Waals surface area contributed by atoms with Gasteiger partial charge in [0.2, 0.25) is 0 Å². The molecule has 0 radical (unpaired) electrons. The Morgan fingerprint density at radius 1 is 1.38 bits per heavy atom. The Bertz CT molecular complexity index is 477. The lowest BCUT2D eigenvalue weighted by Crippen LogP contribution is -2.65. The molecule has 1 saturated heterocycles. The van der Waals surface area contributed by atoms with Gasteiger partial charge in [-0.05, 0) is 38.5 Å². The summed E-state index contributed by atoms with van der Waals surface area (Å²) in [6, 6.07) is 0.626. The summed E-state index contributed by atoms with van der Waals surface area (Å²) >= 11 is 0. The maximum atomic E-state index is 4.34. The van der Waals surface area contributed by atoms with E-state index in [-0.39, 0.29) is 0 Å². The van der Waals surface area contributed by atoms with E-state index in [1.807, 2.05) is 6.20 Å². The highest BCUT2D eigenvalue weighted by Crippen LogP contribution is 2.44. The summed E-state index contributed by atoms with van der Waals surface area (Å²) in [5.41, 5.74) is 0.347. The molecule has 4 heteroatoms. The highest BCUT2D eigenvalue weighted by molar-refractivity contribution is 5.05. The Morgan fingerprint density at radius 3 is 2.71 bits per heavy atom. The second kappa shape index (κ2) is 5.73. The molecule has 2 unspecified atom stereocenters. The first-order chi connectivity index (χ1) is 10.0.